The fourth-order valence-electron chi connectivity index (χ4n) is 5.66. The molecule has 1 atom stereocenters. The SMILES string of the molecule is Cc1nc2nn(C)cc2cc1-n1nc(-c2cccc3nn(C[C@H](OCC(=O)O)c4ccccc4)cc23)c(C(C)C)c1C. The number of fused-ring (bicyclic) bond motifs is 2. The van der Waals surface area contributed by atoms with E-state index in [4.69, 9.17) is 19.9 Å². The van der Waals surface area contributed by atoms with E-state index in [1.54, 1.807) is 4.68 Å². The van der Waals surface area contributed by atoms with Gasteiger partial charge in [0.15, 0.2) is 5.65 Å². The van der Waals surface area contributed by atoms with Crippen molar-refractivity contribution >= 4 is 27.9 Å². The molecule has 4 aromatic heterocycles. The molecule has 6 aromatic rings. The summed E-state index contributed by atoms with van der Waals surface area (Å²) in [5.41, 5.74) is 8.32. The van der Waals surface area contributed by atoms with Crippen molar-refractivity contribution in [2.75, 3.05) is 6.61 Å². The molecule has 2 aromatic carbocycles. The minimum absolute atomic E-state index is 0.223. The molecule has 0 spiro atoms. The number of aryl methyl sites for hydroxylation is 2. The molecule has 0 saturated heterocycles. The minimum atomic E-state index is -1.01. The van der Waals surface area contributed by atoms with Crippen molar-refractivity contribution in [2.24, 2.45) is 7.05 Å². The predicted octanol–water partition coefficient (Wildman–Crippen LogP) is 5.75. The Morgan fingerprint density at radius 2 is 1.79 bits per heavy atom. The van der Waals surface area contributed by atoms with Gasteiger partial charge in [0.25, 0.3) is 0 Å². The molecule has 0 aliphatic rings. The van der Waals surface area contributed by atoms with Crippen LogP contribution in [0.1, 0.15) is 48.4 Å². The van der Waals surface area contributed by atoms with Crippen LogP contribution in [0.2, 0.25) is 0 Å². The van der Waals surface area contributed by atoms with E-state index in [9.17, 15) is 9.90 Å². The van der Waals surface area contributed by atoms with Crippen molar-refractivity contribution in [3.63, 3.8) is 0 Å². The maximum Gasteiger partial charge on any atom is 0.329 e. The Bertz CT molecular complexity index is 1920. The molecule has 0 fully saturated rings. The number of carboxylic acids is 1. The van der Waals surface area contributed by atoms with Gasteiger partial charge in [-0.15, -0.1) is 0 Å². The largest absolute Gasteiger partial charge is 0.480 e. The summed E-state index contributed by atoms with van der Waals surface area (Å²) in [5, 5.41) is 25.6. The van der Waals surface area contributed by atoms with Gasteiger partial charge in [0.1, 0.15) is 12.7 Å². The molecule has 0 saturated carbocycles. The van der Waals surface area contributed by atoms with Crippen LogP contribution in [-0.2, 0) is 23.1 Å². The smallest absolute Gasteiger partial charge is 0.329 e. The predicted molar refractivity (Wildman–Crippen MR) is 161 cm³/mol. The first-order valence-corrected chi connectivity index (χ1v) is 14.0. The molecule has 42 heavy (non-hydrogen) atoms. The molecule has 10 heteroatoms. The summed E-state index contributed by atoms with van der Waals surface area (Å²) in [7, 11) is 1.89. The zero-order valence-electron chi connectivity index (χ0n) is 24.3. The van der Waals surface area contributed by atoms with E-state index < -0.39 is 12.1 Å². The van der Waals surface area contributed by atoms with Gasteiger partial charge in [0.05, 0.1) is 29.1 Å². The summed E-state index contributed by atoms with van der Waals surface area (Å²) >= 11 is 0. The molecule has 0 aliphatic carbocycles. The van der Waals surface area contributed by atoms with Crippen molar-refractivity contribution in [3.05, 3.63) is 89.5 Å². The molecule has 214 valence electrons. The number of pyridine rings is 1. The molecule has 0 amide bonds. The average molecular weight is 564 g/mol. The fourth-order valence-corrected chi connectivity index (χ4v) is 5.66. The van der Waals surface area contributed by atoms with Gasteiger partial charge in [-0.25, -0.2) is 14.5 Å². The number of hydrogen-bond donors (Lipinski definition) is 1. The number of aromatic nitrogens is 7. The van der Waals surface area contributed by atoms with Gasteiger partial charge < -0.3 is 9.84 Å². The molecular weight excluding hydrogens is 530 g/mol. The standard InChI is InChI=1S/C32H33N7O3/c1-19(2)30-21(4)39(27-14-23-15-37(5)36-32(23)33-20(27)3)35-31(30)24-12-9-13-26-25(24)16-38(34-26)17-28(42-18-29(40)41)22-10-7-6-8-11-22/h6-16,19,28H,17-18H2,1-5H3,(H,40,41)/t28-/m0/s1. The van der Waals surface area contributed by atoms with Crippen molar-refractivity contribution in [3.8, 4) is 16.9 Å². The maximum atomic E-state index is 11.3. The van der Waals surface area contributed by atoms with Crippen LogP contribution in [-0.4, -0.2) is 52.0 Å². The molecular formula is C32H33N7O3. The monoisotopic (exact) mass is 563 g/mol. The lowest BCUT2D eigenvalue weighted by molar-refractivity contribution is -0.144. The lowest BCUT2D eigenvalue weighted by Gasteiger charge is -2.17. The minimum Gasteiger partial charge on any atom is -0.480 e. The summed E-state index contributed by atoms with van der Waals surface area (Å²) < 4.78 is 11.4. The highest BCUT2D eigenvalue weighted by molar-refractivity contribution is 5.94. The number of carbonyl (C=O) groups is 1. The van der Waals surface area contributed by atoms with Gasteiger partial charge >= 0.3 is 5.97 Å². The third kappa shape index (κ3) is 5.05. The van der Waals surface area contributed by atoms with E-state index in [1.165, 1.54) is 0 Å². The summed E-state index contributed by atoms with van der Waals surface area (Å²) in [6.07, 6.45) is 3.50. The zero-order chi connectivity index (χ0) is 29.5. The molecule has 0 unspecified atom stereocenters. The maximum absolute atomic E-state index is 11.3. The molecule has 0 aliphatic heterocycles. The van der Waals surface area contributed by atoms with Crippen LogP contribution in [0, 0.1) is 13.8 Å². The summed E-state index contributed by atoms with van der Waals surface area (Å²) in [5.74, 6) is -0.787. The number of carboxylic acid groups (broad SMARTS) is 1. The number of rotatable bonds is 9. The number of nitrogens with zero attached hydrogens (tertiary/aromatic N) is 7. The van der Waals surface area contributed by atoms with Gasteiger partial charge in [-0.1, -0.05) is 56.3 Å². The van der Waals surface area contributed by atoms with Crippen LogP contribution in [0.15, 0.2) is 67.0 Å². The third-order valence-electron chi connectivity index (χ3n) is 7.53. The van der Waals surface area contributed by atoms with Crippen LogP contribution in [0.25, 0.3) is 38.9 Å². The summed E-state index contributed by atoms with van der Waals surface area (Å²) in [4.78, 5) is 16.0. The van der Waals surface area contributed by atoms with E-state index in [0.29, 0.717) is 12.2 Å². The highest BCUT2D eigenvalue weighted by Crippen LogP contribution is 2.37. The number of benzene rings is 2. The van der Waals surface area contributed by atoms with Gasteiger partial charge in [0.2, 0.25) is 0 Å². The van der Waals surface area contributed by atoms with E-state index >= 15 is 0 Å². The van der Waals surface area contributed by atoms with Crippen molar-refractivity contribution < 1.29 is 14.6 Å². The number of aliphatic carboxylic acids is 1. The zero-order valence-corrected chi connectivity index (χ0v) is 24.3. The fraction of sp³-hybridized carbons (Fsp3) is 0.281. The van der Waals surface area contributed by atoms with Crippen LogP contribution in [0.3, 0.4) is 0 Å². The van der Waals surface area contributed by atoms with E-state index in [-0.39, 0.29) is 12.5 Å². The normalized spacial score (nSPS) is 12.5. The van der Waals surface area contributed by atoms with E-state index in [1.807, 2.05) is 78.2 Å². The van der Waals surface area contributed by atoms with Crippen LogP contribution < -0.4 is 0 Å². The first kappa shape index (κ1) is 27.3. The Kier molecular flexibility index (Phi) is 7.07. The first-order valence-electron chi connectivity index (χ1n) is 14.0. The van der Waals surface area contributed by atoms with E-state index in [2.05, 4.69) is 38.0 Å². The Morgan fingerprint density at radius 1 is 1.00 bits per heavy atom. The Labute approximate surface area is 243 Å². The second kappa shape index (κ2) is 10.9. The molecule has 0 radical (unpaired) electrons. The molecule has 10 nitrogen and oxygen atoms in total. The highest BCUT2D eigenvalue weighted by Gasteiger charge is 2.24. The Balaban J connectivity index is 1.44. The van der Waals surface area contributed by atoms with Crippen molar-refractivity contribution in [2.45, 2.75) is 46.3 Å². The molecule has 1 N–H and O–H groups in total. The lowest BCUT2D eigenvalue weighted by atomic mass is 9.95. The third-order valence-corrected chi connectivity index (χ3v) is 7.53. The number of hydrogen-bond acceptors (Lipinski definition) is 6. The quantitative estimate of drug-likeness (QED) is 0.238. The summed E-state index contributed by atoms with van der Waals surface area (Å²) in [6.45, 7) is 8.43. The van der Waals surface area contributed by atoms with Crippen LogP contribution in [0.5, 0.6) is 0 Å². The van der Waals surface area contributed by atoms with Gasteiger partial charge in [0, 0.05) is 47.0 Å². The van der Waals surface area contributed by atoms with Gasteiger partial charge in [-0.2, -0.15) is 15.3 Å². The first-order chi connectivity index (χ1) is 20.2. The van der Waals surface area contributed by atoms with Crippen LogP contribution in [0.4, 0.5) is 0 Å². The highest BCUT2D eigenvalue weighted by atomic mass is 16.5. The second-order valence-corrected chi connectivity index (χ2v) is 10.9. The van der Waals surface area contributed by atoms with E-state index in [0.717, 1.165) is 55.7 Å². The number of ether oxygens (including phenoxy) is 1. The Hall–Kier alpha value is -4.83. The Morgan fingerprint density at radius 3 is 2.52 bits per heavy atom. The topological polar surface area (TPSA) is 113 Å². The molecule has 4 heterocycles. The van der Waals surface area contributed by atoms with Crippen LogP contribution >= 0.6 is 0 Å². The summed E-state index contributed by atoms with van der Waals surface area (Å²) in [6, 6.07) is 17.8. The lowest BCUT2D eigenvalue weighted by Crippen LogP contribution is -2.17. The molecule has 0 bridgehead atoms. The van der Waals surface area contributed by atoms with Gasteiger partial charge in [-0.05, 0) is 37.5 Å². The average Bonchev–Trinajstić information content (AvgIpc) is 3.64. The second-order valence-electron chi connectivity index (χ2n) is 10.9. The van der Waals surface area contributed by atoms with Gasteiger partial charge in [-0.3, -0.25) is 9.36 Å². The molecule has 6 rings (SSSR count). The van der Waals surface area contributed by atoms with Crippen molar-refractivity contribution in [1.82, 2.24) is 34.3 Å². The van der Waals surface area contributed by atoms with Crippen molar-refractivity contribution in [1.29, 1.82) is 0 Å².